The minimum Gasteiger partial charge on any atom is -0.508 e. The van der Waals surface area contributed by atoms with E-state index in [1.54, 1.807) is 50.4 Å². The number of hydrogen-bond acceptors (Lipinski definition) is 13. The largest absolute Gasteiger partial charge is 0.508 e. The van der Waals surface area contributed by atoms with Crippen molar-refractivity contribution in [3.8, 4) is 5.75 Å². The number of carbonyl (C=O) groups is 8. The Labute approximate surface area is 469 Å². The number of carbonyl (C=O) groups excluding carboxylic acids is 8. The molecule has 0 aliphatic carbocycles. The van der Waals surface area contributed by atoms with Gasteiger partial charge in [-0.25, -0.2) is 4.79 Å². The number of thioether (sulfide) groups is 1. The van der Waals surface area contributed by atoms with Gasteiger partial charge < -0.3 is 34.0 Å². The topological polar surface area (TPSA) is 197 Å². The number of methoxy groups -OCH3 is 2. The fourth-order valence-corrected chi connectivity index (χ4v) is 12.2. The number of unbranched alkanes of at least 4 members (excludes halogenated alkanes) is 2. The molecule has 2 heterocycles. The van der Waals surface area contributed by atoms with Gasteiger partial charge in [0.1, 0.15) is 23.9 Å². The van der Waals surface area contributed by atoms with Gasteiger partial charge >= 0.3 is 6.09 Å². The fraction of sp³-hybridized carbons (Fsp3) is 0.672. The first kappa shape index (κ1) is 65.4. The van der Waals surface area contributed by atoms with Crippen molar-refractivity contribution in [2.75, 3.05) is 47.7 Å². The molecule has 2 aromatic carbocycles. The molecule has 2 aliphatic rings. The Morgan fingerprint density at radius 3 is 2.06 bits per heavy atom. The monoisotopic (exact) mass is 1100 g/mol. The molecule has 16 nitrogen and oxygen atoms in total. The van der Waals surface area contributed by atoms with E-state index in [0.29, 0.717) is 63.6 Å². The maximum absolute atomic E-state index is 14.8. The lowest BCUT2D eigenvalue weighted by atomic mass is 9.83. The summed E-state index contributed by atoms with van der Waals surface area (Å²) in [5.41, 5.74) is 2.33. The third-order valence-electron chi connectivity index (χ3n) is 16.3. The van der Waals surface area contributed by atoms with E-state index < -0.39 is 42.2 Å². The molecule has 434 valence electrons. The summed E-state index contributed by atoms with van der Waals surface area (Å²) in [4.78, 5) is 114. The molecule has 10 atom stereocenters. The van der Waals surface area contributed by atoms with Crippen molar-refractivity contribution in [2.45, 2.75) is 181 Å². The first-order chi connectivity index (χ1) is 37.0. The average Bonchev–Trinajstić information content (AvgIpc) is 4.02. The molecular weight excluding hydrogens is 1010 g/mol. The molecule has 0 saturated carbocycles. The fourth-order valence-electron chi connectivity index (χ4n) is 11.5. The Kier molecular flexibility index (Phi) is 26.5. The zero-order valence-corrected chi connectivity index (χ0v) is 49.8. The van der Waals surface area contributed by atoms with Gasteiger partial charge in [0.2, 0.25) is 23.6 Å². The van der Waals surface area contributed by atoms with E-state index in [9.17, 15) is 43.5 Å². The van der Waals surface area contributed by atoms with Gasteiger partial charge in [0.05, 0.1) is 42.0 Å². The number of phenols is 1. The third kappa shape index (κ3) is 17.9. The number of amides is 5. The summed E-state index contributed by atoms with van der Waals surface area (Å²) in [6.45, 7) is 16.2. The highest BCUT2D eigenvalue weighted by atomic mass is 32.2. The number of nitrogens with zero attached hydrogens (tertiary/aromatic N) is 4. The molecule has 2 saturated heterocycles. The van der Waals surface area contributed by atoms with Crippen LogP contribution in [0.3, 0.4) is 0 Å². The number of likely N-dealkylation sites (N-methyl/N-ethyl adjacent to an activating group) is 2. The third-order valence-corrected chi connectivity index (χ3v) is 17.2. The maximum atomic E-state index is 14.8. The predicted molar refractivity (Wildman–Crippen MR) is 304 cm³/mol. The molecule has 2 fully saturated rings. The van der Waals surface area contributed by atoms with E-state index in [1.807, 2.05) is 90.8 Å². The van der Waals surface area contributed by atoms with E-state index >= 15 is 0 Å². The lowest BCUT2D eigenvalue weighted by molar-refractivity contribution is -0.149. The average molecular weight is 1110 g/mol. The molecule has 0 aromatic heterocycles. The Bertz CT molecular complexity index is 2330. The van der Waals surface area contributed by atoms with Crippen LogP contribution >= 0.6 is 11.8 Å². The first-order valence-corrected chi connectivity index (χ1v) is 29.6. The molecule has 5 amide bonds. The van der Waals surface area contributed by atoms with Gasteiger partial charge in [-0.3, -0.25) is 38.5 Å². The van der Waals surface area contributed by atoms with E-state index in [0.717, 1.165) is 24.0 Å². The van der Waals surface area contributed by atoms with Crippen LogP contribution in [0.25, 0.3) is 0 Å². The molecule has 0 bridgehead atoms. The highest BCUT2D eigenvalue weighted by molar-refractivity contribution is 8.00. The van der Waals surface area contributed by atoms with Gasteiger partial charge in [0, 0.05) is 85.3 Å². The van der Waals surface area contributed by atoms with Crippen LogP contribution < -0.4 is 0 Å². The number of ketones is 3. The van der Waals surface area contributed by atoms with Crippen LogP contribution in [-0.4, -0.2) is 155 Å². The standard InChI is InChI=1S/C61H92N4O12S/c1-14-41(7)57(52(75-11)35-54(70)64-30-20-23-48(64)58(76-12)42(8)50(68)32-40(6)31-45-21-17-18-24-49(45)67)62(9)59(72)47(38(2)3)34-51(69)56(39(4)5)63(10)61(74)77-37-44-27-25-43(26-28-44)33-46(66)22-16-15-19-29-65-55(71)36-53(78-13)60(65)73/h17-18,21,24-28,38-42,47-48,52-53,56-58,67H,14-16,19-20,22-23,29-37H2,1-13H3/t40-,41+,42+,47+,48+,52-,53?,56+,57+,58-/m1/s1. The van der Waals surface area contributed by atoms with Crippen molar-refractivity contribution in [1.82, 2.24) is 19.6 Å². The number of rotatable bonds is 33. The molecule has 0 spiro atoms. The molecular formula is C61H92N4O12S. The van der Waals surface area contributed by atoms with Gasteiger partial charge in [0.25, 0.3) is 0 Å². The Hall–Kier alpha value is -5.13. The molecule has 1 unspecified atom stereocenters. The lowest BCUT2D eigenvalue weighted by Crippen LogP contribution is -2.54. The van der Waals surface area contributed by atoms with Crippen molar-refractivity contribution in [2.24, 2.45) is 35.5 Å². The number of Topliss-reactive ketones (excluding diaryl/α,β-unsaturated/α-hetero) is 3. The normalized spacial score (nSPS) is 18.8. The van der Waals surface area contributed by atoms with Crippen LogP contribution in [0.5, 0.6) is 5.75 Å². The van der Waals surface area contributed by atoms with Gasteiger partial charge in [0.15, 0.2) is 5.78 Å². The van der Waals surface area contributed by atoms with E-state index in [4.69, 9.17) is 14.2 Å². The van der Waals surface area contributed by atoms with E-state index in [-0.39, 0.29) is 114 Å². The van der Waals surface area contributed by atoms with Gasteiger partial charge in [-0.05, 0) is 84.8 Å². The number of aromatic hydroxyl groups is 1. The molecule has 78 heavy (non-hydrogen) atoms. The Morgan fingerprint density at radius 1 is 0.808 bits per heavy atom. The van der Waals surface area contributed by atoms with Crippen molar-refractivity contribution in [3.63, 3.8) is 0 Å². The molecule has 1 N–H and O–H groups in total. The minimum absolute atomic E-state index is 0.00982. The number of benzene rings is 2. The summed E-state index contributed by atoms with van der Waals surface area (Å²) in [7, 11) is 6.37. The SMILES string of the molecule is CC[C@H](C)[C@@H]([C@@H](CC(=O)N1CCC[C@H]1[C@H](OC)[C@@H](C)C(=O)C[C@H](C)Cc1ccccc1O)OC)N(C)C(=O)[C@@H](CC(=O)[C@H](C(C)C)N(C)C(=O)OCc1ccc(CC(=O)CCCCCN2C(=O)CC(SC)C2=O)cc1)C(C)C. The summed E-state index contributed by atoms with van der Waals surface area (Å²) in [5.74, 6) is -2.49. The van der Waals surface area contributed by atoms with Gasteiger partial charge in [-0.1, -0.05) is 111 Å². The minimum atomic E-state index is -0.882. The number of imide groups is 1. The summed E-state index contributed by atoms with van der Waals surface area (Å²) in [6, 6.07) is 12.7. The number of likely N-dealkylation sites (tertiary alicyclic amines) is 2. The summed E-state index contributed by atoms with van der Waals surface area (Å²) < 4.78 is 17.8. The second-order valence-electron chi connectivity index (χ2n) is 22.7. The predicted octanol–water partition coefficient (Wildman–Crippen LogP) is 9.14. The van der Waals surface area contributed by atoms with Crippen LogP contribution in [0.1, 0.15) is 143 Å². The number of para-hydroxylation sites is 1. The van der Waals surface area contributed by atoms with Crippen LogP contribution in [0.15, 0.2) is 48.5 Å². The van der Waals surface area contributed by atoms with Crippen LogP contribution in [0.2, 0.25) is 0 Å². The smallest absolute Gasteiger partial charge is 0.410 e. The highest BCUT2D eigenvalue weighted by Crippen LogP contribution is 2.33. The number of ether oxygens (including phenoxy) is 3. The Morgan fingerprint density at radius 2 is 1.47 bits per heavy atom. The van der Waals surface area contributed by atoms with Crippen LogP contribution in [0, 0.1) is 35.5 Å². The number of phenolic OH excluding ortho intramolecular Hbond substituents is 1. The summed E-state index contributed by atoms with van der Waals surface area (Å²) in [5, 5.41) is 10.0. The summed E-state index contributed by atoms with van der Waals surface area (Å²) in [6.07, 6.45) is 5.71. The van der Waals surface area contributed by atoms with Gasteiger partial charge in [-0.15, -0.1) is 0 Å². The van der Waals surface area contributed by atoms with E-state index in [2.05, 4.69) is 0 Å². The zero-order valence-electron chi connectivity index (χ0n) is 49.0. The van der Waals surface area contributed by atoms with Crippen molar-refractivity contribution in [1.29, 1.82) is 0 Å². The quantitative estimate of drug-likeness (QED) is 0.0525. The van der Waals surface area contributed by atoms with Crippen molar-refractivity contribution < 1.29 is 57.7 Å². The van der Waals surface area contributed by atoms with Crippen molar-refractivity contribution in [3.05, 3.63) is 65.2 Å². The Balaban J connectivity index is 1.33. The van der Waals surface area contributed by atoms with Gasteiger partial charge in [-0.2, -0.15) is 11.8 Å². The van der Waals surface area contributed by atoms with Crippen LogP contribution in [0.4, 0.5) is 4.79 Å². The van der Waals surface area contributed by atoms with Crippen LogP contribution in [-0.2, 0) is 67.2 Å². The molecule has 0 radical (unpaired) electrons. The highest BCUT2D eigenvalue weighted by Gasteiger charge is 2.44. The van der Waals surface area contributed by atoms with E-state index in [1.165, 1.54) is 28.6 Å². The van der Waals surface area contributed by atoms with Crippen molar-refractivity contribution >= 4 is 58.8 Å². The molecule has 2 aliphatic heterocycles. The first-order valence-electron chi connectivity index (χ1n) is 28.3. The molecule has 4 rings (SSSR count). The molecule has 2 aromatic rings. The number of hydrogen-bond donors (Lipinski definition) is 1. The zero-order chi connectivity index (χ0) is 58.0. The molecule has 17 heteroatoms. The second kappa shape index (κ2) is 31.6. The second-order valence-corrected chi connectivity index (χ2v) is 23.8. The summed E-state index contributed by atoms with van der Waals surface area (Å²) >= 11 is 1.40. The maximum Gasteiger partial charge on any atom is 0.410 e. The lowest BCUT2D eigenvalue weighted by Gasteiger charge is -2.41.